The quantitative estimate of drug-likeness (QED) is 0.210. The SMILES string of the molecule is COC(=O)CC1CC2(CO2)CC(C=CC(C)=CCC2OC(C)C(NC(=O)C=CC(C)OC)CC2C)O1. The summed E-state index contributed by atoms with van der Waals surface area (Å²) in [5.74, 6) is -0.0663. The van der Waals surface area contributed by atoms with Crippen LogP contribution in [0.2, 0.25) is 0 Å². The van der Waals surface area contributed by atoms with Crippen LogP contribution in [0.15, 0.2) is 36.0 Å². The zero-order valence-electron chi connectivity index (χ0n) is 22.5. The topological polar surface area (TPSA) is 95.6 Å². The van der Waals surface area contributed by atoms with Gasteiger partial charge in [0.1, 0.15) is 0 Å². The van der Waals surface area contributed by atoms with Crippen LogP contribution in [0.25, 0.3) is 0 Å². The number of carbonyl (C=O) groups excluding carboxylic acids is 2. The van der Waals surface area contributed by atoms with Crippen LogP contribution in [0, 0.1) is 5.92 Å². The summed E-state index contributed by atoms with van der Waals surface area (Å²) in [5.41, 5.74) is 0.991. The number of rotatable bonds is 10. The first kappa shape index (κ1) is 28.6. The van der Waals surface area contributed by atoms with Gasteiger partial charge in [0.15, 0.2) is 0 Å². The van der Waals surface area contributed by atoms with Gasteiger partial charge in [-0.05, 0) is 39.5 Å². The smallest absolute Gasteiger partial charge is 0.308 e. The average molecular weight is 506 g/mol. The maximum atomic E-state index is 12.2. The second-order valence-corrected chi connectivity index (χ2v) is 10.5. The highest BCUT2D eigenvalue weighted by Crippen LogP contribution is 2.43. The molecule has 0 aromatic heterocycles. The Balaban J connectivity index is 1.48. The number of hydrogen-bond donors (Lipinski definition) is 1. The van der Waals surface area contributed by atoms with Crippen LogP contribution < -0.4 is 5.32 Å². The van der Waals surface area contributed by atoms with Crippen LogP contribution >= 0.6 is 0 Å². The van der Waals surface area contributed by atoms with Gasteiger partial charge < -0.3 is 29.0 Å². The fraction of sp³-hybridized carbons (Fsp3) is 0.714. The summed E-state index contributed by atoms with van der Waals surface area (Å²) in [6.45, 7) is 8.87. The highest BCUT2D eigenvalue weighted by atomic mass is 16.6. The molecule has 3 aliphatic heterocycles. The molecule has 1 amide bonds. The molecule has 0 aromatic carbocycles. The molecule has 0 radical (unpaired) electrons. The third-order valence-corrected chi connectivity index (χ3v) is 7.40. The first-order valence-electron chi connectivity index (χ1n) is 13.0. The molecule has 3 fully saturated rings. The normalized spacial score (nSPS) is 35.8. The maximum Gasteiger partial charge on any atom is 0.308 e. The minimum Gasteiger partial charge on any atom is -0.469 e. The summed E-state index contributed by atoms with van der Waals surface area (Å²) < 4.78 is 28.1. The molecule has 0 bridgehead atoms. The first-order chi connectivity index (χ1) is 17.1. The van der Waals surface area contributed by atoms with Gasteiger partial charge in [-0.25, -0.2) is 0 Å². The van der Waals surface area contributed by atoms with Crippen LogP contribution in [0.3, 0.4) is 0 Å². The van der Waals surface area contributed by atoms with E-state index in [0.29, 0.717) is 5.92 Å². The lowest BCUT2D eigenvalue weighted by molar-refractivity contribution is -0.147. The second-order valence-electron chi connectivity index (χ2n) is 10.5. The molecule has 8 unspecified atom stereocenters. The van der Waals surface area contributed by atoms with Gasteiger partial charge in [0.05, 0.1) is 62.3 Å². The second kappa shape index (κ2) is 13.0. The number of nitrogens with one attached hydrogen (secondary N) is 1. The molecule has 3 aliphatic rings. The van der Waals surface area contributed by atoms with Crippen molar-refractivity contribution < 1.29 is 33.3 Å². The Bertz CT molecular complexity index is 847. The summed E-state index contributed by atoms with van der Waals surface area (Å²) in [4.78, 5) is 23.9. The van der Waals surface area contributed by atoms with Gasteiger partial charge in [0, 0.05) is 26.0 Å². The number of methoxy groups -OCH3 is 2. The summed E-state index contributed by atoms with van der Waals surface area (Å²) in [7, 11) is 3.01. The van der Waals surface area contributed by atoms with Crippen molar-refractivity contribution >= 4 is 11.9 Å². The largest absolute Gasteiger partial charge is 0.469 e. The lowest BCUT2D eigenvalue weighted by Crippen LogP contribution is -2.50. The van der Waals surface area contributed by atoms with Crippen LogP contribution in [-0.2, 0) is 33.3 Å². The van der Waals surface area contributed by atoms with E-state index >= 15 is 0 Å². The molecule has 8 heteroatoms. The van der Waals surface area contributed by atoms with E-state index in [4.69, 9.17) is 23.7 Å². The third kappa shape index (κ3) is 8.54. The maximum absolute atomic E-state index is 12.2. The number of amides is 1. The minimum atomic E-state index is -0.258. The Morgan fingerprint density at radius 3 is 2.58 bits per heavy atom. The molecular formula is C28H43NO7. The van der Waals surface area contributed by atoms with Crippen molar-refractivity contribution in [2.45, 2.75) is 102 Å². The van der Waals surface area contributed by atoms with Gasteiger partial charge in [0.2, 0.25) is 5.91 Å². The summed E-state index contributed by atoms with van der Waals surface area (Å²) in [5, 5.41) is 3.07. The van der Waals surface area contributed by atoms with E-state index in [1.54, 1.807) is 13.2 Å². The highest BCUT2D eigenvalue weighted by molar-refractivity contribution is 5.87. The van der Waals surface area contributed by atoms with E-state index in [1.807, 2.05) is 13.8 Å². The lowest BCUT2D eigenvalue weighted by Gasteiger charge is -2.39. The first-order valence-corrected chi connectivity index (χ1v) is 13.0. The van der Waals surface area contributed by atoms with E-state index in [0.717, 1.165) is 37.9 Å². The van der Waals surface area contributed by atoms with Crippen molar-refractivity contribution in [3.63, 3.8) is 0 Å². The summed E-state index contributed by atoms with van der Waals surface area (Å²) >= 11 is 0. The summed E-state index contributed by atoms with van der Waals surface area (Å²) in [6, 6.07) is -0.0189. The monoisotopic (exact) mass is 505 g/mol. The van der Waals surface area contributed by atoms with Gasteiger partial charge >= 0.3 is 5.97 Å². The minimum absolute atomic E-state index is 0.0189. The van der Waals surface area contributed by atoms with Crippen molar-refractivity contribution in [1.82, 2.24) is 5.32 Å². The predicted molar refractivity (Wildman–Crippen MR) is 136 cm³/mol. The number of epoxide rings is 1. The molecule has 36 heavy (non-hydrogen) atoms. The van der Waals surface area contributed by atoms with E-state index in [9.17, 15) is 9.59 Å². The van der Waals surface area contributed by atoms with Gasteiger partial charge in [-0.2, -0.15) is 0 Å². The lowest BCUT2D eigenvalue weighted by atomic mass is 9.88. The van der Waals surface area contributed by atoms with E-state index in [1.165, 1.54) is 13.2 Å². The fourth-order valence-corrected chi connectivity index (χ4v) is 4.92. The van der Waals surface area contributed by atoms with Crippen LogP contribution in [0.4, 0.5) is 0 Å². The van der Waals surface area contributed by atoms with Gasteiger partial charge in [-0.3, -0.25) is 9.59 Å². The molecule has 0 saturated carbocycles. The Morgan fingerprint density at radius 1 is 1.17 bits per heavy atom. The number of ether oxygens (including phenoxy) is 5. The van der Waals surface area contributed by atoms with Crippen LogP contribution in [-0.4, -0.2) is 74.9 Å². The zero-order chi connectivity index (χ0) is 26.3. The molecule has 1 spiro atoms. The Hall–Kier alpha value is -2.00. The Morgan fingerprint density at radius 2 is 1.92 bits per heavy atom. The standard InChI is InChI=1S/C28H43NO7/c1-18(7-10-22-15-28(17-34-28)16-23(36-22)14-27(31)33-6)8-11-25-19(2)13-24(21(4)35-25)29-26(30)12-9-20(3)32-5/h7-10,12,19-25H,11,13-17H2,1-6H3,(H,29,30). The number of carbonyl (C=O) groups is 2. The van der Waals surface area contributed by atoms with Gasteiger partial charge in [0.25, 0.3) is 0 Å². The average Bonchev–Trinajstić information content (AvgIpc) is 3.59. The molecule has 8 nitrogen and oxygen atoms in total. The van der Waals surface area contributed by atoms with E-state index in [2.05, 4.69) is 37.4 Å². The molecule has 0 aromatic rings. The van der Waals surface area contributed by atoms with E-state index < -0.39 is 0 Å². The number of hydrogen-bond acceptors (Lipinski definition) is 7. The molecule has 3 saturated heterocycles. The molecule has 1 N–H and O–H groups in total. The predicted octanol–water partition coefficient (Wildman–Crippen LogP) is 3.65. The van der Waals surface area contributed by atoms with Crippen molar-refractivity contribution in [1.29, 1.82) is 0 Å². The molecule has 0 aliphatic carbocycles. The molecule has 8 atom stereocenters. The van der Waals surface area contributed by atoms with Gasteiger partial charge in [-0.15, -0.1) is 0 Å². The van der Waals surface area contributed by atoms with Crippen LogP contribution in [0.1, 0.15) is 59.8 Å². The van der Waals surface area contributed by atoms with Crippen LogP contribution in [0.5, 0.6) is 0 Å². The summed E-state index contributed by atoms with van der Waals surface area (Å²) in [6.07, 6.45) is 12.7. The fourth-order valence-electron chi connectivity index (χ4n) is 4.92. The molecule has 202 valence electrons. The molecule has 3 rings (SSSR count). The van der Waals surface area contributed by atoms with Crippen molar-refractivity contribution in [2.24, 2.45) is 5.92 Å². The van der Waals surface area contributed by atoms with Crippen molar-refractivity contribution in [3.8, 4) is 0 Å². The number of esters is 1. The third-order valence-electron chi connectivity index (χ3n) is 7.40. The van der Waals surface area contributed by atoms with Crippen molar-refractivity contribution in [3.05, 3.63) is 36.0 Å². The van der Waals surface area contributed by atoms with E-state index in [-0.39, 0.29) is 60.5 Å². The highest BCUT2D eigenvalue weighted by Gasteiger charge is 2.51. The van der Waals surface area contributed by atoms with Crippen molar-refractivity contribution in [2.75, 3.05) is 20.8 Å². The Labute approximate surface area is 215 Å². The number of allylic oxidation sites excluding steroid dienone is 2. The zero-order valence-corrected chi connectivity index (χ0v) is 22.5. The Kier molecular flexibility index (Phi) is 10.3. The molecular weight excluding hydrogens is 462 g/mol. The molecule has 3 heterocycles. The van der Waals surface area contributed by atoms with Gasteiger partial charge in [-0.1, -0.05) is 36.8 Å².